The van der Waals surface area contributed by atoms with E-state index in [-0.39, 0.29) is 47.4 Å². The maximum atomic E-state index is 12.6. The van der Waals surface area contributed by atoms with Crippen LogP contribution in [-0.2, 0) is 0 Å². The van der Waals surface area contributed by atoms with Gasteiger partial charge in [-0.3, -0.25) is 9.59 Å². The van der Waals surface area contributed by atoms with E-state index >= 15 is 0 Å². The van der Waals surface area contributed by atoms with Crippen molar-refractivity contribution in [1.29, 1.82) is 0 Å². The molecule has 25 heavy (non-hydrogen) atoms. The maximum Gasteiger partial charge on any atom is 0.166 e. The molecule has 128 valence electrons. The molecular formula is C20H18O5. The third-order valence-electron chi connectivity index (χ3n) is 5.28. The summed E-state index contributed by atoms with van der Waals surface area (Å²) in [6, 6.07) is 8.15. The van der Waals surface area contributed by atoms with Crippen molar-refractivity contribution in [2.75, 3.05) is 0 Å². The monoisotopic (exact) mass is 338 g/mol. The Bertz CT molecular complexity index is 899. The fourth-order valence-corrected chi connectivity index (χ4v) is 4.13. The topological polar surface area (TPSA) is 94.8 Å². The highest BCUT2D eigenvalue weighted by atomic mass is 16.3. The van der Waals surface area contributed by atoms with Crippen LogP contribution in [0.4, 0.5) is 0 Å². The van der Waals surface area contributed by atoms with Crippen molar-refractivity contribution in [2.24, 2.45) is 0 Å². The molecule has 0 radical (unpaired) electrons. The first-order chi connectivity index (χ1) is 12.0. The Morgan fingerprint density at radius 3 is 2.28 bits per heavy atom. The molecule has 5 heteroatoms. The van der Waals surface area contributed by atoms with Gasteiger partial charge in [0.15, 0.2) is 11.6 Å². The lowest BCUT2D eigenvalue weighted by molar-refractivity contribution is 0.0889. The molecule has 0 amide bonds. The number of aliphatic hydroxyl groups excluding tert-OH is 1. The summed E-state index contributed by atoms with van der Waals surface area (Å²) in [7, 11) is 0. The Hall–Kier alpha value is -2.66. The molecule has 0 aromatic heterocycles. The van der Waals surface area contributed by atoms with Crippen molar-refractivity contribution in [1.82, 2.24) is 0 Å². The van der Waals surface area contributed by atoms with Crippen molar-refractivity contribution < 1.29 is 24.9 Å². The summed E-state index contributed by atoms with van der Waals surface area (Å²) in [4.78, 5) is 24.8. The predicted molar refractivity (Wildman–Crippen MR) is 90.1 cm³/mol. The highest BCUT2D eigenvalue weighted by molar-refractivity contribution is 6.03. The van der Waals surface area contributed by atoms with Gasteiger partial charge in [-0.05, 0) is 36.1 Å². The number of phenols is 2. The third-order valence-corrected chi connectivity index (χ3v) is 5.28. The van der Waals surface area contributed by atoms with Gasteiger partial charge in [0.2, 0.25) is 0 Å². The average molecular weight is 338 g/mol. The molecule has 5 nitrogen and oxygen atoms in total. The average Bonchev–Trinajstić information content (AvgIpc) is 2.59. The van der Waals surface area contributed by atoms with Gasteiger partial charge in [0.05, 0.1) is 11.7 Å². The molecule has 0 unspecified atom stereocenters. The van der Waals surface area contributed by atoms with E-state index in [2.05, 4.69) is 0 Å². The summed E-state index contributed by atoms with van der Waals surface area (Å²) < 4.78 is 0. The number of ketones is 2. The second kappa shape index (κ2) is 5.70. The zero-order chi connectivity index (χ0) is 17.7. The second-order valence-corrected chi connectivity index (χ2v) is 6.70. The molecule has 0 bridgehead atoms. The SMILES string of the molecule is O=C1CC[C@@H](c2ccc(O)c3c2C(=O)CC[C@H]3O)c2cccc(O)c21. The standard InChI is InChI=1S/C20H18O5/c21-13-3-1-2-11-10(4-6-14(22)18(11)13)12-5-7-16(24)20-17(25)9-8-15(23)19(12)20/h1-3,5,7,10,17,21,24-25H,4,6,8-9H2/t10-,17-/m1/s1. The van der Waals surface area contributed by atoms with Crippen LogP contribution in [0.1, 0.15) is 75.1 Å². The Morgan fingerprint density at radius 1 is 0.800 bits per heavy atom. The van der Waals surface area contributed by atoms with Gasteiger partial charge in [-0.2, -0.15) is 0 Å². The van der Waals surface area contributed by atoms with Crippen LogP contribution in [0.2, 0.25) is 0 Å². The summed E-state index contributed by atoms with van der Waals surface area (Å²) >= 11 is 0. The number of rotatable bonds is 1. The van der Waals surface area contributed by atoms with Crippen LogP contribution < -0.4 is 0 Å². The van der Waals surface area contributed by atoms with Crippen LogP contribution in [-0.4, -0.2) is 26.9 Å². The molecule has 3 N–H and O–H groups in total. The lowest BCUT2D eigenvalue weighted by Crippen LogP contribution is -2.22. The van der Waals surface area contributed by atoms with E-state index in [1.165, 1.54) is 12.1 Å². The fraction of sp³-hybridized carbons (Fsp3) is 0.300. The zero-order valence-corrected chi connectivity index (χ0v) is 13.5. The maximum absolute atomic E-state index is 12.6. The molecule has 2 aromatic rings. The van der Waals surface area contributed by atoms with E-state index in [9.17, 15) is 24.9 Å². The number of carbonyl (C=O) groups excluding carboxylic acids is 2. The van der Waals surface area contributed by atoms with E-state index < -0.39 is 6.10 Å². The molecule has 0 aliphatic heterocycles. The van der Waals surface area contributed by atoms with E-state index in [0.29, 0.717) is 35.1 Å². The number of hydrogen-bond acceptors (Lipinski definition) is 5. The van der Waals surface area contributed by atoms with Gasteiger partial charge in [-0.1, -0.05) is 18.2 Å². The number of carbonyl (C=O) groups is 2. The third kappa shape index (κ3) is 2.35. The smallest absolute Gasteiger partial charge is 0.166 e. The number of aliphatic hydroxyl groups is 1. The minimum atomic E-state index is -0.874. The molecule has 0 spiro atoms. The highest BCUT2D eigenvalue weighted by Gasteiger charge is 2.35. The summed E-state index contributed by atoms with van der Waals surface area (Å²) in [6.07, 6.45) is 0.450. The van der Waals surface area contributed by atoms with Gasteiger partial charge in [0, 0.05) is 29.9 Å². The molecule has 2 aliphatic rings. The molecule has 2 aromatic carbocycles. The van der Waals surface area contributed by atoms with E-state index in [1.807, 2.05) is 0 Å². The van der Waals surface area contributed by atoms with E-state index in [4.69, 9.17) is 0 Å². The first-order valence-corrected chi connectivity index (χ1v) is 8.41. The largest absolute Gasteiger partial charge is 0.508 e. The predicted octanol–water partition coefficient (Wildman–Crippen LogP) is 3.22. The minimum absolute atomic E-state index is 0.0498. The number of hydrogen-bond donors (Lipinski definition) is 3. The van der Waals surface area contributed by atoms with Gasteiger partial charge >= 0.3 is 0 Å². The lowest BCUT2D eigenvalue weighted by atomic mass is 9.73. The molecule has 2 atom stereocenters. The summed E-state index contributed by atoms with van der Waals surface area (Å²) in [6.45, 7) is 0. The van der Waals surface area contributed by atoms with E-state index in [1.54, 1.807) is 18.2 Å². The molecule has 4 rings (SSSR count). The Labute approximate surface area is 144 Å². The Balaban J connectivity index is 1.95. The molecular weight excluding hydrogens is 320 g/mol. The van der Waals surface area contributed by atoms with Crippen LogP contribution in [0.5, 0.6) is 11.5 Å². The second-order valence-electron chi connectivity index (χ2n) is 6.70. The minimum Gasteiger partial charge on any atom is -0.508 e. The number of Topliss-reactive ketones (excluding diaryl/α,β-unsaturated/α-hetero) is 2. The fourth-order valence-electron chi connectivity index (χ4n) is 4.13. The quantitative estimate of drug-likeness (QED) is 0.742. The highest BCUT2D eigenvalue weighted by Crippen LogP contribution is 2.45. The van der Waals surface area contributed by atoms with Crippen molar-refractivity contribution in [3.05, 3.63) is 58.1 Å². The molecule has 0 saturated carbocycles. The van der Waals surface area contributed by atoms with Crippen molar-refractivity contribution in [3.63, 3.8) is 0 Å². The van der Waals surface area contributed by atoms with Crippen molar-refractivity contribution >= 4 is 11.6 Å². The number of fused-ring (bicyclic) bond motifs is 2. The molecule has 2 aliphatic carbocycles. The summed E-state index contributed by atoms with van der Waals surface area (Å²) in [5.41, 5.74) is 2.36. The summed E-state index contributed by atoms with van der Waals surface area (Å²) in [5.74, 6) is -0.579. The lowest BCUT2D eigenvalue weighted by Gasteiger charge is -2.30. The molecule has 0 heterocycles. The van der Waals surface area contributed by atoms with Crippen LogP contribution in [0.25, 0.3) is 0 Å². The van der Waals surface area contributed by atoms with Crippen LogP contribution in [0.15, 0.2) is 30.3 Å². The first-order valence-electron chi connectivity index (χ1n) is 8.41. The van der Waals surface area contributed by atoms with Gasteiger partial charge in [-0.15, -0.1) is 0 Å². The Morgan fingerprint density at radius 2 is 1.48 bits per heavy atom. The number of aromatic hydroxyl groups is 2. The Kier molecular flexibility index (Phi) is 3.62. The normalized spacial score (nSPS) is 22.4. The van der Waals surface area contributed by atoms with Gasteiger partial charge < -0.3 is 15.3 Å². The van der Waals surface area contributed by atoms with Crippen molar-refractivity contribution in [3.8, 4) is 11.5 Å². The zero-order valence-electron chi connectivity index (χ0n) is 13.5. The van der Waals surface area contributed by atoms with Crippen LogP contribution in [0.3, 0.4) is 0 Å². The van der Waals surface area contributed by atoms with Crippen molar-refractivity contribution in [2.45, 2.75) is 37.7 Å². The first kappa shape index (κ1) is 15.8. The van der Waals surface area contributed by atoms with Crippen LogP contribution in [0, 0.1) is 0 Å². The molecule has 0 fully saturated rings. The van der Waals surface area contributed by atoms with Crippen LogP contribution >= 0.6 is 0 Å². The number of phenolic OH excluding ortho intramolecular Hbond substituents is 2. The number of benzene rings is 2. The van der Waals surface area contributed by atoms with Gasteiger partial charge in [0.1, 0.15) is 11.5 Å². The van der Waals surface area contributed by atoms with Gasteiger partial charge in [-0.25, -0.2) is 0 Å². The molecule has 0 saturated heterocycles. The summed E-state index contributed by atoms with van der Waals surface area (Å²) in [5, 5.41) is 30.5. The van der Waals surface area contributed by atoms with E-state index in [0.717, 1.165) is 0 Å². The van der Waals surface area contributed by atoms with Gasteiger partial charge in [0.25, 0.3) is 0 Å².